The maximum Gasteiger partial charge on any atom is 0.416 e. The number of aromatic nitrogens is 1. The third kappa shape index (κ3) is 6.09. The molecule has 1 saturated heterocycles. The smallest absolute Gasteiger partial charge is 0.334 e. The van der Waals surface area contributed by atoms with E-state index in [1.807, 2.05) is 24.3 Å². The predicted molar refractivity (Wildman–Crippen MR) is 143 cm³/mol. The third-order valence-corrected chi connectivity index (χ3v) is 7.72. The first-order valence-electron chi connectivity index (χ1n) is 12.6. The average molecular weight is 559 g/mol. The van der Waals surface area contributed by atoms with Gasteiger partial charge in [-0.1, -0.05) is 35.9 Å². The molecule has 1 fully saturated rings. The van der Waals surface area contributed by atoms with Crippen LogP contribution in [0.15, 0.2) is 66.9 Å². The minimum absolute atomic E-state index is 0.184. The Hall–Kier alpha value is -3.43. The molecule has 0 bridgehead atoms. The second kappa shape index (κ2) is 11.0. The maximum atomic E-state index is 13.4. The molecule has 0 saturated carbocycles. The van der Waals surface area contributed by atoms with Crippen molar-refractivity contribution in [2.45, 2.75) is 31.0 Å². The molecule has 0 atom stereocenters. The molecule has 1 spiro atoms. The molecule has 1 N–H and O–H groups in total. The third-order valence-electron chi connectivity index (χ3n) is 7.49. The Morgan fingerprint density at radius 3 is 2.51 bits per heavy atom. The lowest BCUT2D eigenvalue weighted by atomic mass is 9.74. The predicted octanol–water partition coefficient (Wildman–Crippen LogP) is 6.67. The van der Waals surface area contributed by atoms with E-state index >= 15 is 0 Å². The van der Waals surface area contributed by atoms with Crippen molar-refractivity contribution in [3.63, 3.8) is 0 Å². The highest BCUT2D eigenvalue weighted by atomic mass is 35.5. The summed E-state index contributed by atoms with van der Waals surface area (Å²) in [4.78, 5) is 20.8. The number of urea groups is 1. The zero-order chi connectivity index (χ0) is 27.6. The molecule has 39 heavy (non-hydrogen) atoms. The van der Waals surface area contributed by atoms with Crippen LogP contribution in [-0.2, 0) is 18.1 Å². The van der Waals surface area contributed by atoms with Gasteiger partial charge in [0.1, 0.15) is 0 Å². The van der Waals surface area contributed by atoms with Crippen molar-refractivity contribution in [2.75, 3.05) is 31.1 Å². The molecule has 5 nitrogen and oxygen atoms in total. The van der Waals surface area contributed by atoms with Crippen molar-refractivity contribution < 1.29 is 22.4 Å². The van der Waals surface area contributed by atoms with Gasteiger partial charge in [-0.2, -0.15) is 17.6 Å². The number of hydrogen-bond donors (Lipinski definition) is 1. The van der Waals surface area contributed by atoms with Crippen molar-refractivity contribution in [1.82, 2.24) is 15.2 Å². The van der Waals surface area contributed by atoms with E-state index in [0.29, 0.717) is 29.2 Å². The number of carbonyl (C=O) groups excluding carboxylic acids is 1. The summed E-state index contributed by atoms with van der Waals surface area (Å²) in [5.41, 5.74) is 2.33. The van der Waals surface area contributed by atoms with E-state index in [0.717, 1.165) is 49.3 Å². The normalized spacial score (nSPS) is 17.1. The summed E-state index contributed by atoms with van der Waals surface area (Å²) in [5.74, 6) is -0.595. The average Bonchev–Trinajstić information content (AvgIpc) is 3.21. The number of rotatable bonds is 5. The molecule has 2 amide bonds. The Kier molecular flexibility index (Phi) is 7.64. The van der Waals surface area contributed by atoms with Gasteiger partial charge >= 0.3 is 12.2 Å². The van der Waals surface area contributed by atoms with E-state index in [4.69, 9.17) is 11.6 Å². The Morgan fingerprint density at radius 1 is 1.08 bits per heavy atom. The van der Waals surface area contributed by atoms with Crippen molar-refractivity contribution in [3.05, 3.63) is 100 Å². The first-order chi connectivity index (χ1) is 18.6. The lowest BCUT2D eigenvalue weighted by Crippen LogP contribution is -2.47. The molecule has 3 aromatic rings. The monoisotopic (exact) mass is 558 g/mol. The number of benzene rings is 2. The summed E-state index contributed by atoms with van der Waals surface area (Å²) >= 11 is 6.36. The SMILES string of the molecule is O=C(NCc1ccnc(F)c1)N1CC2(CCN(C/C=C/c3ccc(C(F)(F)F)cc3)CC2)c2cc(Cl)ccc21. The Balaban J connectivity index is 1.22. The van der Waals surface area contributed by atoms with Crippen molar-refractivity contribution in [2.24, 2.45) is 0 Å². The zero-order valence-electron chi connectivity index (χ0n) is 21.0. The van der Waals surface area contributed by atoms with Gasteiger partial charge in [0.2, 0.25) is 5.95 Å². The highest BCUT2D eigenvalue weighted by Gasteiger charge is 2.46. The fourth-order valence-corrected chi connectivity index (χ4v) is 5.53. The largest absolute Gasteiger partial charge is 0.416 e. The maximum absolute atomic E-state index is 13.4. The van der Waals surface area contributed by atoms with Gasteiger partial charge in [-0.05, 0) is 85.1 Å². The molecule has 2 aliphatic rings. The summed E-state index contributed by atoms with van der Waals surface area (Å²) in [6, 6.07) is 13.4. The number of alkyl halides is 3. The molecule has 2 aliphatic heterocycles. The highest BCUT2D eigenvalue weighted by molar-refractivity contribution is 6.30. The molecule has 0 unspecified atom stereocenters. The van der Waals surface area contributed by atoms with E-state index < -0.39 is 17.7 Å². The zero-order valence-corrected chi connectivity index (χ0v) is 21.8. The number of anilines is 1. The van der Waals surface area contributed by atoms with Crippen molar-refractivity contribution >= 4 is 29.4 Å². The molecule has 0 radical (unpaired) electrons. The van der Waals surface area contributed by atoms with E-state index in [1.165, 1.54) is 24.4 Å². The number of nitrogens with one attached hydrogen (secondary N) is 1. The lowest BCUT2D eigenvalue weighted by molar-refractivity contribution is -0.137. The fraction of sp³-hybridized carbons (Fsp3) is 0.310. The van der Waals surface area contributed by atoms with Crippen LogP contribution in [0.25, 0.3) is 6.08 Å². The van der Waals surface area contributed by atoms with Gasteiger partial charge in [0, 0.05) is 42.0 Å². The molecule has 1 aromatic heterocycles. The molecule has 10 heteroatoms. The summed E-state index contributed by atoms with van der Waals surface area (Å²) in [6.45, 7) is 2.98. The molecular formula is C29H27ClF4N4O. The summed E-state index contributed by atoms with van der Waals surface area (Å²) in [5, 5.41) is 3.50. The number of fused-ring (bicyclic) bond motifs is 2. The quantitative estimate of drug-likeness (QED) is 0.281. The Bertz CT molecular complexity index is 1370. The highest BCUT2D eigenvalue weighted by Crippen LogP contribution is 2.48. The molecule has 204 valence electrons. The van der Waals surface area contributed by atoms with Gasteiger partial charge in [0.25, 0.3) is 0 Å². The minimum atomic E-state index is -4.34. The molecule has 0 aliphatic carbocycles. The van der Waals surface area contributed by atoms with E-state index in [1.54, 1.807) is 17.0 Å². The van der Waals surface area contributed by atoms with E-state index in [-0.39, 0.29) is 18.0 Å². The number of nitrogens with zero attached hydrogens (tertiary/aromatic N) is 3. The Labute approximate surface area is 229 Å². The van der Waals surface area contributed by atoms with Crippen LogP contribution in [-0.4, -0.2) is 42.1 Å². The number of carbonyl (C=O) groups is 1. The lowest BCUT2D eigenvalue weighted by Gasteiger charge is -2.39. The van der Waals surface area contributed by atoms with Crippen molar-refractivity contribution in [3.8, 4) is 0 Å². The minimum Gasteiger partial charge on any atom is -0.334 e. The van der Waals surface area contributed by atoms with Gasteiger partial charge in [0.05, 0.1) is 5.56 Å². The van der Waals surface area contributed by atoms with Gasteiger partial charge in [-0.3, -0.25) is 9.80 Å². The summed E-state index contributed by atoms with van der Waals surface area (Å²) in [7, 11) is 0. The standard InChI is InChI=1S/C29H27ClF4N4O/c30-23-7-8-25-24(17-23)28(19-38(25)27(39)36-18-21-9-12-35-26(31)16-21)10-14-37(15-11-28)13-1-2-20-3-5-22(6-4-20)29(32,33)34/h1-9,12,16-17H,10-11,13-15,18-19H2,(H,36,39)/b2-1+. The number of halogens is 5. The van der Waals surface area contributed by atoms with Gasteiger partial charge < -0.3 is 5.32 Å². The number of hydrogen-bond acceptors (Lipinski definition) is 3. The van der Waals surface area contributed by atoms with Crippen LogP contribution in [0.5, 0.6) is 0 Å². The van der Waals surface area contributed by atoms with Crippen LogP contribution >= 0.6 is 11.6 Å². The number of likely N-dealkylation sites (tertiary alicyclic amines) is 1. The van der Waals surface area contributed by atoms with Crippen molar-refractivity contribution in [1.29, 1.82) is 0 Å². The van der Waals surface area contributed by atoms with Crippen LogP contribution in [0.2, 0.25) is 5.02 Å². The Morgan fingerprint density at radius 2 is 1.82 bits per heavy atom. The van der Waals surface area contributed by atoms with E-state index in [2.05, 4.69) is 15.2 Å². The van der Waals surface area contributed by atoms with Gasteiger partial charge in [0.15, 0.2) is 0 Å². The molecule has 5 rings (SSSR count). The number of pyridine rings is 1. The fourth-order valence-electron chi connectivity index (χ4n) is 5.36. The topological polar surface area (TPSA) is 48.5 Å². The van der Waals surface area contributed by atoms with E-state index in [9.17, 15) is 22.4 Å². The first kappa shape index (κ1) is 27.1. The van der Waals surface area contributed by atoms with Crippen LogP contribution in [0.4, 0.5) is 28.0 Å². The molecule has 2 aromatic carbocycles. The van der Waals surface area contributed by atoms with Gasteiger partial charge in [-0.25, -0.2) is 9.78 Å². The summed E-state index contributed by atoms with van der Waals surface area (Å²) < 4.78 is 51.7. The number of piperidine rings is 1. The second-order valence-corrected chi connectivity index (χ2v) is 10.4. The molecular weight excluding hydrogens is 532 g/mol. The second-order valence-electron chi connectivity index (χ2n) is 10.00. The van der Waals surface area contributed by atoms with Crippen LogP contribution in [0.1, 0.15) is 35.1 Å². The van der Waals surface area contributed by atoms with Crippen LogP contribution in [0, 0.1) is 5.95 Å². The molecule has 3 heterocycles. The first-order valence-corrected chi connectivity index (χ1v) is 13.0. The van der Waals surface area contributed by atoms with Crippen LogP contribution in [0.3, 0.4) is 0 Å². The van der Waals surface area contributed by atoms with Crippen LogP contribution < -0.4 is 10.2 Å². The van der Waals surface area contributed by atoms with Gasteiger partial charge in [-0.15, -0.1) is 0 Å². The summed E-state index contributed by atoms with van der Waals surface area (Å²) in [6.07, 6.45) is 2.47. The number of amides is 2.